The summed E-state index contributed by atoms with van der Waals surface area (Å²) in [6.07, 6.45) is 3.59. The van der Waals surface area contributed by atoms with E-state index in [0.717, 1.165) is 11.4 Å². The maximum absolute atomic E-state index is 11.1. The third kappa shape index (κ3) is 5.26. The Hall–Kier alpha value is -2.60. The van der Waals surface area contributed by atoms with E-state index in [1.165, 1.54) is 0 Å². The predicted octanol–water partition coefficient (Wildman–Crippen LogP) is 6.00. The molecular formula is C22H19Cl2N2O2S+. The first kappa shape index (κ1) is 21.1. The molecule has 0 unspecified atom stereocenters. The van der Waals surface area contributed by atoms with Crippen LogP contribution in [0, 0.1) is 0 Å². The van der Waals surface area contributed by atoms with Gasteiger partial charge in [0.1, 0.15) is 5.75 Å². The molecule has 0 fully saturated rings. The van der Waals surface area contributed by atoms with Gasteiger partial charge >= 0.3 is 0 Å². The summed E-state index contributed by atoms with van der Waals surface area (Å²) in [7, 11) is 0. The Labute approximate surface area is 185 Å². The third-order valence-corrected chi connectivity index (χ3v) is 4.87. The van der Waals surface area contributed by atoms with Gasteiger partial charge in [0.2, 0.25) is 5.76 Å². The van der Waals surface area contributed by atoms with E-state index in [1.807, 2.05) is 49.4 Å². The van der Waals surface area contributed by atoms with E-state index in [9.17, 15) is 5.11 Å². The molecule has 0 saturated carbocycles. The molecule has 0 radical (unpaired) electrons. The predicted molar refractivity (Wildman–Crippen MR) is 123 cm³/mol. The number of thiocarbonyl (C=S) groups is 1. The standard InChI is InChI=1S/C22H18Cl2N2O2S/c1-2-28-17-9-7-16(8-10-17)25-22(29)20(26-12-4-3-5-13-26)21(27)18-11-6-15(23)14-19(18)24/h3-14H,2H2,1H3,(H-,25,27,29)/p+1. The van der Waals surface area contributed by atoms with E-state index in [1.54, 1.807) is 35.2 Å². The molecule has 3 aromatic rings. The second-order valence-electron chi connectivity index (χ2n) is 6.02. The minimum Gasteiger partial charge on any atom is -0.502 e. The quantitative estimate of drug-likeness (QED) is 0.211. The zero-order chi connectivity index (χ0) is 20.8. The van der Waals surface area contributed by atoms with Crippen molar-refractivity contribution in [2.45, 2.75) is 6.92 Å². The topological polar surface area (TPSA) is 45.4 Å². The van der Waals surface area contributed by atoms with Crippen molar-refractivity contribution in [3.05, 3.63) is 88.7 Å². The van der Waals surface area contributed by atoms with Gasteiger partial charge in [-0.2, -0.15) is 4.57 Å². The molecular weight excluding hydrogens is 427 g/mol. The molecule has 29 heavy (non-hydrogen) atoms. The van der Waals surface area contributed by atoms with Crippen LogP contribution in [0.3, 0.4) is 0 Å². The molecule has 1 aromatic heterocycles. The summed E-state index contributed by atoms with van der Waals surface area (Å²) >= 11 is 17.9. The number of halogens is 2. The van der Waals surface area contributed by atoms with Gasteiger partial charge in [0.15, 0.2) is 17.4 Å². The molecule has 1 heterocycles. The van der Waals surface area contributed by atoms with E-state index < -0.39 is 0 Å². The molecule has 148 valence electrons. The summed E-state index contributed by atoms with van der Waals surface area (Å²) in [4.78, 5) is 0.328. The van der Waals surface area contributed by atoms with Gasteiger partial charge in [-0.3, -0.25) is 0 Å². The maximum atomic E-state index is 11.1. The van der Waals surface area contributed by atoms with Crippen LogP contribution < -0.4 is 14.6 Å². The van der Waals surface area contributed by atoms with Gasteiger partial charge < -0.3 is 15.2 Å². The van der Waals surface area contributed by atoms with Crippen LogP contribution in [0.1, 0.15) is 12.5 Å². The third-order valence-electron chi connectivity index (χ3n) is 4.02. The molecule has 0 aliphatic heterocycles. The Morgan fingerprint density at radius 1 is 1.07 bits per heavy atom. The molecule has 0 aliphatic rings. The van der Waals surface area contributed by atoms with E-state index in [0.29, 0.717) is 32.9 Å². The number of hydrogen-bond acceptors (Lipinski definition) is 3. The smallest absolute Gasteiger partial charge is 0.288 e. The van der Waals surface area contributed by atoms with Crippen LogP contribution in [0.4, 0.5) is 5.69 Å². The molecule has 2 aromatic carbocycles. The minimum absolute atomic E-state index is 0.0636. The van der Waals surface area contributed by atoms with Crippen LogP contribution in [0.25, 0.3) is 11.5 Å². The van der Waals surface area contributed by atoms with E-state index in [-0.39, 0.29) is 5.76 Å². The van der Waals surface area contributed by atoms with Gasteiger partial charge in [-0.25, -0.2) is 0 Å². The van der Waals surface area contributed by atoms with E-state index in [4.69, 9.17) is 40.2 Å². The van der Waals surface area contributed by atoms with Gasteiger partial charge in [0.25, 0.3) is 5.70 Å². The summed E-state index contributed by atoms with van der Waals surface area (Å²) in [5, 5.41) is 15.0. The average Bonchev–Trinajstić information content (AvgIpc) is 2.70. The minimum atomic E-state index is -0.0636. The monoisotopic (exact) mass is 445 g/mol. The molecule has 0 aliphatic carbocycles. The molecule has 3 rings (SSSR count). The van der Waals surface area contributed by atoms with Gasteiger partial charge in [-0.1, -0.05) is 41.5 Å². The van der Waals surface area contributed by atoms with E-state index >= 15 is 0 Å². The van der Waals surface area contributed by atoms with Gasteiger partial charge in [0.05, 0.1) is 11.6 Å². The van der Waals surface area contributed by atoms with Crippen LogP contribution in [0.5, 0.6) is 5.75 Å². The molecule has 0 spiro atoms. The van der Waals surface area contributed by atoms with Crippen LogP contribution in [0.2, 0.25) is 10.0 Å². The van der Waals surface area contributed by atoms with Crippen molar-refractivity contribution in [3.63, 3.8) is 0 Å². The number of ether oxygens (including phenoxy) is 1. The fourth-order valence-corrected chi connectivity index (χ4v) is 3.51. The van der Waals surface area contributed by atoms with Crippen molar-refractivity contribution in [1.29, 1.82) is 0 Å². The van der Waals surface area contributed by atoms with Crippen molar-refractivity contribution < 1.29 is 14.4 Å². The highest BCUT2D eigenvalue weighted by atomic mass is 35.5. The Balaban J connectivity index is 2.00. The number of aliphatic hydroxyl groups is 1. The lowest BCUT2D eigenvalue weighted by Gasteiger charge is -2.11. The fourth-order valence-electron chi connectivity index (χ4n) is 2.70. The molecule has 7 heteroatoms. The second kappa shape index (κ2) is 9.74. The van der Waals surface area contributed by atoms with Crippen LogP contribution in [0.15, 0.2) is 73.1 Å². The second-order valence-corrected chi connectivity index (χ2v) is 7.27. The maximum Gasteiger partial charge on any atom is 0.288 e. The van der Waals surface area contributed by atoms with Crippen LogP contribution in [-0.2, 0) is 0 Å². The summed E-state index contributed by atoms with van der Waals surface area (Å²) in [6, 6.07) is 17.9. The summed E-state index contributed by atoms with van der Waals surface area (Å²) < 4.78 is 7.19. The Bertz CT molecular complexity index is 1040. The van der Waals surface area contributed by atoms with Crippen molar-refractivity contribution >= 4 is 57.6 Å². The molecule has 4 nitrogen and oxygen atoms in total. The molecule has 0 bridgehead atoms. The Kier molecular flexibility index (Phi) is 7.09. The molecule has 0 atom stereocenters. The zero-order valence-electron chi connectivity index (χ0n) is 15.6. The van der Waals surface area contributed by atoms with Crippen molar-refractivity contribution in [3.8, 4) is 5.75 Å². The molecule has 0 saturated heterocycles. The number of aliphatic hydroxyl groups excluding tert-OH is 1. The molecule has 2 N–H and O–H groups in total. The number of nitrogens with zero attached hydrogens (tertiary/aromatic N) is 1. The highest BCUT2D eigenvalue weighted by Gasteiger charge is 2.25. The summed E-state index contributed by atoms with van der Waals surface area (Å²) in [5.41, 5.74) is 1.58. The normalized spacial score (nSPS) is 11.6. The first-order valence-electron chi connectivity index (χ1n) is 8.89. The average molecular weight is 446 g/mol. The van der Waals surface area contributed by atoms with Crippen molar-refractivity contribution in [2.24, 2.45) is 0 Å². The van der Waals surface area contributed by atoms with E-state index in [2.05, 4.69) is 5.32 Å². The Morgan fingerprint density at radius 3 is 2.38 bits per heavy atom. The highest BCUT2D eigenvalue weighted by Crippen LogP contribution is 2.28. The number of anilines is 1. The number of benzene rings is 2. The number of pyridine rings is 1. The SMILES string of the molecule is CCOc1ccc(NC(=S)C(=C(O)c2ccc(Cl)cc2Cl)[n+]2ccccc2)cc1. The lowest BCUT2D eigenvalue weighted by molar-refractivity contribution is -0.575. The van der Waals surface area contributed by atoms with Gasteiger partial charge in [0, 0.05) is 28.4 Å². The van der Waals surface area contributed by atoms with Crippen LogP contribution >= 0.6 is 35.4 Å². The van der Waals surface area contributed by atoms with Gasteiger partial charge in [-0.15, -0.1) is 0 Å². The van der Waals surface area contributed by atoms with Crippen molar-refractivity contribution in [1.82, 2.24) is 0 Å². The first-order valence-corrected chi connectivity index (χ1v) is 10.1. The van der Waals surface area contributed by atoms with Gasteiger partial charge in [-0.05, 0) is 49.4 Å². The lowest BCUT2D eigenvalue weighted by Crippen LogP contribution is -2.38. The first-order chi connectivity index (χ1) is 14.0. The number of hydrogen-bond donors (Lipinski definition) is 2. The Morgan fingerprint density at radius 2 is 1.76 bits per heavy atom. The van der Waals surface area contributed by atoms with Crippen LogP contribution in [-0.4, -0.2) is 16.7 Å². The lowest BCUT2D eigenvalue weighted by atomic mass is 10.1. The largest absolute Gasteiger partial charge is 0.502 e. The van der Waals surface area contributed by atoms with Crippen molar-refractivity contribution in [2.75, 3.05) is 11.9 Å². The summed E-state index contributed by atoms with van der Waals surface area (Å²) in [5.74, 6) is 0.708. The number of nitrogens with one attached hydrogen (secondary N) is 1. The fraction of sp³-hybridized carbons (Fsp3) is 0.0909. The highest BCUT2D eigenvalue weighted by molar-refractivity contribution is 7.81. The zero-order valence-corrected chi connectivity index (χ0v) is 17.9. The molecule has 0 amide bonds. The summed E-state index contributed by atoms with van der Waals surface area (Å²) in [6.45, 7) is 2.53. The number of rotatable bonds is 6. The number of aromatic nitrogens is 1.